The van der Waals surface area contributed by atoms with Gasteiger partial charge in [-0.2, -0.15) is 0 Å². The van der Waals surface area contributed by atoms with Crippen LogP contribution in [0.3, 0.4) is 0 Å². The number of esters is 1. The number of hydrogen-bond donors (Lipinski definition) is 1. The van der Waals surface area contributed by atoms with Gasteiger partial charge in [0.1, 0.15) is 6.04 Å². The number of hydrogen-bond acceptors (Lipinski definition) is 4. The predicted octanol–water partition coefficient (Wildman–Crippen LogP) is 0.437. The molecule has 5 heteroatoms. The van der Waals surface area contributed by atoms with Gasteiger partial charge in [0.05, 0.1) is 12.4 Å². The van der Waals surface area contributed by atoms with Crippen LogP contribution < -0.4 is 5.32 Å². The quantitative estimate of drug-likeness (QED) is 0.681. The summed E-state index contributed by atoms with van der Waals surface area (Å²) in [6.45, 7) is 4.34. The Labute approximate surface area is 98.6 Å². The van der Waals surface area contributed by atoms with Crippen LogP contribution in [0.5, 0.6) is 0 Å². The zero-order chi connectivity index (χ0) is 11.9. The maximum absolute atomic E-state index is 12.1. The molecule has 0 aromatic rings. The highest BCUT2D eigenvalue weighted by atomic mass is 32.2. The summed E-state index contributed by atoms with van der Waals surface area (Å²) in [5.41, 5.74) is 0.118. The first-order chi connectivity index (χ1) is 7.45. The normalized spacial score (nSPS) is 41.4. The van der Waals surface area contributed by atoms with E-state index in [1.165, 1.54) is 7.11 Å². The fourth-order valence-corrected chi connectivity index (χ4v) is 4.73. The van der Waals surface area contributed by atoms with Crippen LogP contribution in [0.4, 0.5) is 0 Å². The molecule has 1 heterocycles. The highest BCUT2D eigenvalue weighted by Crippen LogP contribution is 2.41. The van der Waals surface area contributed by atoms with Crippen molar-refractivity contribution < 1.29 is 13.7 Å². The number of rotatable bonds is 1. The first kappa shape index (κ1) is 12.0. The van der Waals surface area contributed by atoms with Crippen LogP contribution in [0.1, 0.15) is 26.7 Å². The van der Waals surface area contributed by atoms with Gasteiger partial charge in [-0.1, -0.05) is 13.8 Å². The molecule has 1 saturated heterocycles. The van der Waals surface area contributed by atoms with Crippen LogP contribution >= 0.6 is 0 Å². The minimum absolute atomic E-state index is 0.118. The Morgan fingerprint density at radius 2 is 2.19 bits per heavy atom. The van der Waals surface area contributed by atoms with E-state index in [9.17, 15) is 9.00 Å². The second-order valence-corrected chi connectivity index (χ2v) is 7.03. The van der Waals surface area contributed by atoms with Crippen LogP contribution in [0.15, 0.2) is 0 Å². The van der Waals surface area contributed by atoms with E-state index in [2.05, 4.69) is 19.2 Å². The highest BCUT2D eigenvalue weighted by Gasteiger charge is 2.49. The maximum Gasteiger partial charge on any atom is 0.323 e. The smallest absolute Gasteiger partial charge is 0.323 e. The van der Waals surface area contributed by atoms with Gasteiger partial charge in [-0.15, -0.1) is 0 Å². The van der Waals surface area contributed by atoms with E-state index in [0.717, 1.165) is 12.8 Å². The van der Waals surface area contributed by atoms with Crippen LogP contribution in [0, 0.1) is 5.41 Å². The molecule has 0 bridgehead atoms. The van der Waals surface area contributed by atoms with Crippen molar-refractivity contribution in [3.05, 3.63) is 0 Å². The van der Waals surface area contributed by atoms with Crippen molar-refractivity contribution in [3.63, 3.8) is 0 Å². The lowest BCUT2D eigenvalue weighted by Crippen LogP contribution is -2.60. The molecule has 0 radical (unpaired) electrons. The van der Waals surface area contributed by atoms with E-state index < -0.39 is 16.8 Å². The van der Waals surface area contributed by atoms with Gasteiger partial charge < -0.3 is 4.74 Å². The van der Waals surface area contributed by atoms with Crippen LogP contribution in [0.2, 0.25) is 0 Å². The monoisotopic (exact) mass is 245 g/mol. The summed E-state index contributed by atoms with van der Waals surface area (Å²) in [7, 11) is 0.466. The van der Waals surface area contributed by atoms with E-state index in [0.29, 0.717) is 5.75 Å². The third kappa shape index (κ3) is 1.91. The van der Waals surface area contributed by atoms with Crippen molar-refractivity contribution in [3.8, 4) is 0 Å². The molecular weight excluding hydrogens is 226 g/mol. The van der Waals surface area contributed by atoms with Crippen molar-refractivity contribution in [1.29, 1.82) is 0 Å². The van der Waals surface area contributed by atoms with Gasteiger partial charge in [0, 0.05) is 22.6 Å². The zero-order valence-electron chi connectivity index (χ0n) is 9.99. The van der Waals surface area contributed by atoms with Gasteiger partial charge >= 0.3 is 5.97 Å². The van der Waals surface area contributed by atoms with E-state index in [1.54, 1.807) is 0 Å². The Morgan fingerprint density at radius 3 is 2.81 bits per heavy atom. The first-order valence-corrected chi connectivity index (χ1v) is 7.05. The molecule has 16 heavy (non-hydrogen) atoms. The van der Waals surface area contributed by atoms with Gasteiger partial charge in [-0.25, -0.2) is 0 Å². The van der Waals surface area contributed by atoms with Crippen molar-refractivity contribution in [2.75, 3.05) is 12.9 Å². The average molecular weight is 245 g/mol. The van der Waals surface area contributed by atoms with E-state index in [-0.39, 0.29) is 22.7 Å². The molecule has 1 saturated carbocycles. The molecular formula is C11H19NO3S. The van der Waals surface area contributed by atoms with Crippen LogP contribution in [0.25, 0.3) is 0 Å². The minimum atomic E-state index is -0.908. The Kier molecular flexibility index (Phi) is 3.09. The van der Waals surface area contributed by atoms with Crippen molar-refractivity contribution in [1.82, 2.24) is 5.32 Å². The Bertz CT molecular complexity index is 329. The molecule has 1 N–H and O–H groups in total. The van der Waals surface area contributed by atoms with Crippen LogP contribution in [-0.2, 0) is 20.3 Å². The zero-order valence-corrected chi connectivity index (χ0v) is 10.8. The van der Waals surface area contributed by atoms with Gasteiger partial charge in [0.2, 0.25) is 0 Å². The second-order valence-electron chi connectivity index (χ2n) is 5.33. The van der Waals surface area contributed by atoms with Crippen molar-refractivity contribution in [2.45, 2.75) is 44.0 Å². The van der Waals surface area contributed by atoms with Gasteiger partial charge in [-0.3, -0.25) is 14.3 Å². The fourth-order valence-electron chi connectivity index (χ4n) is 2.79. The minimum Gasteiger partial charge on any atom is -0.468 e. The molecule has 0 amide bonds. The Balaban J connectivity index is 2.17. The van der Waals surface area contributed by atoms with Gasteiger partial charge in [-0.05, 0) is 18.3 Å². The molecule has 4 atom stereocenters. The van der Waals surface area contributed by atoms with Crippen molar-refractivity contribution in [2.24, 2.45) is 5.41 Å². The highest BCUT2D eigenvalue weighted by molar-refractivity contribution is 7.85. The molecule has 2 fully saturated rings. The summed E-state index contributed by atoms with van der Waals surface area (Å²) in [4.78, 5) is 11.5. The molecule has 0 spiro atoms. The summed E-state index contributed by atoms with van der Waals surface area (Å²) in [5.74, 6) is 0.0960. The molecule has 0 aromatic carbocycles. The first-order valence-electron chi connectivity index (χ1n) is 5.67. The van der Waals surface area contributed by atoms with Gasteiger partial charge in [0.15, 0.2) is 0 Å². The summed E-state index contributed by atoms with van der Waals surface area (Å²) < 4.78 is 16.8. The van der Waals surface area contributed by atoms with Crippen molar-refractivity contribution >= 4 is 16.8 Å². The maximum atomic E-state index is 12.1. The number of nitrogens with one attached hydrogen (secondary N) is 1. The lowest BCUT2D eigenvalue weighted by Gasteiger charge is -2.37. The molecule has 2 rings (SSSR count). The summed E-state index contributed by atoms with van der Waals surface area (Å²) >= 11 is 0. The molecule has 0 aromatic heterocycles. The largest absolute Gasteiger partial charge is 0.468 e. The fraction of sp³-hybridized carbons (Fsp3) is 0.909. The third-order valence-electron chi connectivity index (χ3n) is 3.82. The lowest BCUT2D eigenvalue weighted by molar-refractivity contribution is -0.143. The second kappa shape index (κ2) is 4.11. The lowest BCUT2D eigenvalue weighted by atomic mass is 9.87. The topological polar surface area (TPSA) is 55.4 Å². The number of carbonyl (C=O) groups is 1. The van der Waals surface area contributed by atoms with E-state index in [4.69, 9.17) is 4.74 Å². The summed E-state index contributed by atoms with van der Waals surface area (Å²) in [6, 6.07) is -0.226. The van der Waals surface area contributed by atoms with Gasteiger partial charge in [0.25, 0.3) is 0 Å². The third-order valence-corrected chi connectivity index (χ3v) is 5.67. The number of methoxy groups -OCH3 is 1. The summed E-state index contributed by atoms with van der Waals surface area (Å²) in [5, 5.41) is 3.52. The molecule has 2 aliphatic rings. The average Bonchev–Trinajstić information content (AvgIpc) is 2.54. The molecule has 92 valence electrons. The standard InChI is InChI=1S/C11H19NO3S/c1-11(2)5-4-8-9(11)12-7(6-16(8)14)10(13)15-3/h7-9,12H,4-6H2,1-3H3. The number of ether oxygens (including phenoxy) is 1. The van der Waals surface area contributed by atoms with Crippen LogP contribution in [-0.4, -0.2) is 40.4 Å². The molecule has 4 nitrogen and oxygen atoms in total. The molecule has 1 aliphatic carbocycles. The van der Waals surface area contributed by atoms with E-state index >= 15 is 0 Å². The predicted molar refractivity (Wildman–Crippen MR) is 62.5 cm³/mol. The SMILES string of the molecule is COC(=O)C1CS(=O)C2CCC(C)(C)C2N1. The Hall–Kier alpha value is -0.420. The Morgan fingerprint density at radius 1 is 1.50 bits per heavy atom. The summed E-state index contributed by atoms with van der Waals surface area (Å²) in [6.07, 6.45) is 2.06. The number of fused-ring (bicyclic) bond motifs is 1. The number of carbonyl (C=O) groups excluding carboxylic acids is 1. The molecule has 1 aliphatic heterocycles. The van der Waals surface area contributed by atoms with E-state index in [1.807, 2.05) is 0 Å². The molecule has 4 unspecified atom stereocenters.